The van der Waals surface area contributed by atoms with Gasteiger partial charge in [-0.05, 0) is 24.1 Å². The second-order valence-electron chi connectivity index (χ2n) is 7.41. The number of anilines is 1. The summed E-state index contributed by atoms with van der Waals surface area (Å²) in [7, 11) is 1.70. The molecule has 2 N–H and O–H groups in total. The fraction of sp³-hybridized carbons (Fsp3) is 0.160. The maximum Gasteiger partial charge on any atom is 0.317 e. The molecule has 1 atom stereocenters. The highest BCUT2D eigenvalue weighted by molar-refractivity contribution is 6.20. The van der Waals surface area contributed by atoms with Crippen LogP contribution in [0.1, 0.15) is 22.3 Å². The average molecular weight is 412 g/mol. The molecule has 6 heteroatoms. The van der Waals surface area contributed by atoms with Crippen LogP contribution in [-0.4, -0.2) is 30.9 Å². The maximum absolute atomic E-state index is 13.1. The smallest absolute Gasteiger partial charge is 0.317 e. The number of fused-ring (bicyclic) bond motifs is 1. The topological polar surface area (TPSA) is 73.8 Å². The summed E-state index contributed by atoms with van der Waals surface area (Å²) in [6.07, 6.45) is -1.04. The molecule has 0 radical (unpaired) electrons. The van der Waals surface area contributed by atoms with E-state index in [0.717, 1.165) is 27.9 Å². The van der Waals surface area contributed by atoms with E-state index in [1.165, 1.54) is 0 Å². The van der Waals surface area contributed by atoms with Crippen molar-refractivity contribution in [2.75, 3.05) is 11.9 Å². The Bertz CT molecular complexity index is 1140. The molecular weight excluding hydrogens is 388 g/mol. The Morgan fingerprint density at radius 3 is 2.42 bits per heavy atom. The fourth-order valence-corrected chi connectivity index (χ4v) is 3.60. The van der Waals surface area contributed by atoms with Crippen LogP contribution in [0, 0.1) is 6.92 Å². The van der Waals surface area contributed by atoms with Crippen molar-refractivity contribution < 1.29 is 9.59 Å². The van der Waals surface area contributed by atoms with Crippen LogP contribution in [0.3, 0.4) is 0 Å². The largest absolute Gasteiger partial charge is 0.334 e. The third-order valence-corrected chi connectivity index (χ3v) is 5.36. The van der Waals surface area contributed by atoms with Gasteiger partial charge in [0.1, 0.15) is 0 Å². The minimum Gasteiger partial charge on any atom is -0.334 e. The minimum atomic E-state index is -1.04. The summed E-state index contributed by atoms with van der Waals surface area (Å²) in [6.45, 7) is 2.36. The van der Waals surface area contributed by atoms with Crippen molar-refractivity contribution in [3.63, 3.8) is 0 Å². The first-order valence-electron chi connectivity index (χ1n) is 10.1. The van der Waals surface area contributed by atoms with Crippen LogP contribution in [0.2, 0.25) is 0 Å². The Morgan fingerprint density at radius 1 is 0.968 bits per heavy atom. The number of aryl methyl sites for hydroxylation is 1. The summed E-state index contributed by atoms with van der Waals surface area (Å²) in [4.78, 5) is 32.0. The van der Waals surface area contributed by atoms with Crippen molar-refractivity contribution in [1.82, 2.24) is 10.6 Å². The van der Waals surface area contributed by atoms with Gasteiger partial charge in [0.05, 0.1) is 11.4 Å². The van der Waals surface area contributed by atoms with Gasteiger partial charge in [-0.25, -0.2) is 9.79 Å². The van der Waals surface area contributed by atoms with Crippen molar-refractivity contribution in [3.8, 4) is 0 Å². The van der Waals surface area contributed by atoms with Crippen molar-refractivity contribution >= 4 is 23.3 Å². The molecule has 31 heavy (non-hydrogen) atoms. The number of likely N-dealkylation sites (N-methyl/N-ethyl adjacent to an activating group) is 1. The van der Waals surface area contributed by atoms with Crippen LogP contribution in [0.15, 0.2) is 83.9 Å². The van der Waals surface area contributed by atoms with Crippen LogP contribution in [0.4, 0.5) is 10.5 Å². The number of benzene rings is 3. The third kappa shape index (κ3) is 4.33. The molecule has 0 spiro atoms. The van der Waals surface area contributed by atoms with Crippen LogP contribution < -0.4 is 15.5 Å². The molecule has 3 aromatic rings. The van der Waals surface area contributed by atoms with Crippen LogP contribution in [0.5, 0.6) is 0 Å². The Balaban J connectivity index is 1.62. The molecule has 3 aromatic carbocycles. The molecule has 1 aliphatic heterocycles. The Morgan fingerprint density at radius 2 is 1.65 bits per heavy atom. The number of aliphatic imine (C=N–C) groups is 1. The molecule has 0 unspecified atom stereocenters. The van der Waals surface area contributed by atoms with E-state index in [0.29, 0.717) is 12.3 Å². The van der Waals surface area contributed by atoms with E-state index in [1.807, 2.05) is 85.8 Å². The van der Waals surface area contributed by atoms with Crippen LogP contribution >= 0.6 is 0 Å². The van der Waals surface area contributed by atoms with Crippen molar-refractivity contribution in [2.24, 2.45) is 4.99 Å². The molecule has 1 heterocycles. The number of para-hydroxylation sites is 1. The van der Waals surface area contributed by atoms with Crippen LogP contribution in [-0.2, 0) is 11.3 Å². The molecule has 6 nitrogen and oxygen atoms in total. The van der Waals surface area contributed by atoms with Gasteiger partial charge >= 0.3 is 6.03 Å². The van der Waals surface area contributed by atoms with E-state index >= 15 is 0 Å². The lowest BCUT2D eigenvalue weighted by Gasteiger charge is -2.21. The molecule has 4 rings (SSSR count). The molecule has 1 aliphatic rings. The van der Waals surface area contributed by atoms with Crippen LogP contribution in [0.25, 0.3) is 0 Å². The Hall–Kier alpha value is -3.93. The first kappa shape index (κ1) is 20.3. The number of urea groups is 1. The van der Waals surface area contributed by atoms with E-state index < -0.39 is 12.2 Å². The summed E-state index contributed by atoms with van der Waals surface area (Å²) < 4.78 is 0. The molecule has 156 valence electrons. The van der Waals surface area contributed by atoms with Crippen molar-refractivity contribution in [1.29, 1.82) is 0 Å². The van der Waals surface area contributed by atoms with E-state index in [2.05, 4.69) is 15.6 Å². The summed E-state index contributed by atoms with van der Waals surface area (Å²) >= 11 is 0. The predicted octanol–water partition coefficient (Wildman–Crippen LogP) is 3.63. The number of nitrogens with zero attached hydrogens (tertiary/aromatic N) is 2. The second kappa shape index (κ2) is 8.83. The molecule has 0 bridgehead atoms. The first-order valence-corrected chi connectivity index (χ1v) is 10.1. The third-order valence-electron chi connectivity index (χ3n) is 5.36. The van der Waals surface area contributed by atoms with Gasteiger partial charge in [-0.15, -0.1) is 0 Å². The number of carbonyl (C=O) groups excluding carboxylic acids is 2. The van der Waals surface area contributed by atoms with Gasteiger partial charge in [0.2, 0.25) is 6.17 Å². The van der Waals surface area contributed by atoms with Gasteiger partial charge in [-0.3, -0.25) is 4.79 Å². The standard InChI is InChI=1S/C25H24N4O2/c1-17-10-6-7-13-19(17)16-26-25(31)28-23-24(30)29(2)21-15-9-8-14-20(21)22(27-23)18-11-4-3-5-12-18/h3-15,23H,16H2,1-2H3,(H2,26,28,31)/t23-/m1/s1. The normalized spacial score (nSPS) is 15.5. The number of rotatable bonds is 4. The molecule has 3 amide bonds. The fourth-order valence-electron chi connectivity index (χ4n) is 3.60. The Kier molecular flexibility index (Phi) is 5.80. The number of hydrogen-bond donors (Lipinski definition) is 2. The second-order valence-corrected chi connectivity index (χ2v) is 7.41. The van der Waals surface area contributed by atoms with Gasteiger partial charge in [-0.2, -0.15) is 0 Å². The van der Waals surface area contributed by atoms with Gasteiger partial charge in [0.15, 0.2) is 0 Å². The molecule has 0 saturated heterocycles. The quantitative estimate of drug-likeness (QED) is 0.687. The lowest BCUT2D eigenvalue weighted by Crippen LogP contribution is -2.49. The molecule has 0 aliphatic carbocycles. The Labute approximate surface area is 181 Å². The summed E-state index contributed by atoms with van der Waals surface area (Å²) in [6, 6.07) is 24.7. The lowest BCUT2D eigenvalue weighted by atomic mass is 10.0. The predicted molar refractivity (Wildman–Crippen MR) is 122 cm³/mol. The number of carbonyl (C=O) groups is 2. The monoisotopic (exact) mass is 412 g/mol. The number of nitrogens with one attached hydrogen (secondary N) is 2. The SMILES string of the molecule is Cc1ccccc1CNC(=O)N[C@H]1N=C(c2ccccc2)c2ccccc2N(C)C1=O. The van der Waals surface area contributed by atoms with Crippen molar-refractivity contribution in [3.05, 3.63) is 101 Å². The number of benzodiazepines with no additional fused rings is 1. The lowest BCUT2D eigenvalue weighted by molar-refractivity contribution is -0.119. The zero-order valence-electron chi connectivity index (χ0n) is 17.5. The van der Waals surface area contributed by atoms with Crippen molar-refractivity contribution in [2.45, 2.75) is 19.6 Å². The maximum atomic E-state index is 13.1. The summed E-state index contributed by atoms with van der Waals surface area (Å²) in [5.74, 6) is -0.301. The highest BCUT2D eigenvalue weighted by Gasteiger charge is 2.30. The zero-order chi connectivity index (χ0) is 21.8. The van der Waals surface area contributed by atoms with E-state index in [-0.39, 0.29) is 5.91 Å². The van der Waals surface area contributed by atoms with Gasteiger partial charge in [0.25, 0.3) is 5.91 Å². The highest BCUT2D eigenvalue weighted by Crippen LogP contribution is 2.27. The molecular formula is C25H24N4O2. The van der Waals surface area contributed by atoms with E-state index in [4.69, 9.17) is 0 Å². The number of hydrogen-bond acceptors (Lipinski definition) is 3. The highest BCUT2D eigenvalue weighted by atomic mass is 16.2. The molecule has 0 fully saturated rings. The summed E-state index contributed by atoms with van der Waals surface area (Å²) in [5.41, 5.74) is 5.24. The zero-order valence-corrected chi connectivity index (χ0v) is 17.5. The molecule has 0 saturated carbocycles. The number of amides is 3. The van der Waals surface area contributed by atoms with Gasteiger partial charge < -0.3 is 15.5 Å². The van der Waals surface area contributed by atoms with Gasteiger partial charge in [-0.1, -0.05) is 72.8 Å². The van der Waals surface area contributed by atoms with E-state index in [9.17, 15) is 9.59 Å². The van der Waals surface area contributed by atoms with Gasteiger partial charge in [0, 0.05) is 24.7 Å². The minimum absolute atomic E-state index is 0.301. The van der Waals surface area contributed by atoms with E-state index in [1.54, 1.807) is 11.9 Å². The average Bonchev–Trinajstić information content (AvgIpc) is 2.90. The summed E-state index contributed by atoms with van der Waals surface area (Å²) in [5, 5.41) is 5.56. The molecule has 0 aromatic heterocycles. The first-order chi connectivity index (χ1) is 15.0.